The Bertz CT molecular complexity index is 120. The first kappa shape index (κ1) is 9.31. The second-order valence-corrected chi connectivity index (χ2v) is 10.8. The summed E-state index contributed by atoms with van der Waals surface area (Å²) < 4.78 is 0. The summed E-state index contributed by atoms with van der Waals surface area (Å²) >= 11 is 0. The van der Waals surface area contributed by atoms with E-state index in [0.717, 1.165) is 11.1 Å². The zero-order valence-electron chi connectivity index (χ0n) is 8.65. The first-order valence-corrected chi connectivity index (χ1v) is 7.72. The molecule has 1 rings (SSSR count). The van der Waals surface area contributed by atoms with E-state index in [2.05, 4.69) is 34.2 Å². The van der Waals surface area contributed by atoms with Crippen molar-refractivity contribution in [3.8, 4) is 0 Å². The van der Waals surface area contributed by atoms with E-state index >= 15 is 0 Å². The van der Waals surface area contributed by atoms with Gasteiger partial charge < -0.3 is 0 Å². The van der Waals surface area contributed by atoms with Crippen LogP contribution >= 0.6 is 0 Å². The molecule has 0 atom stereocenters. The molecule has 0 aliphatic heterocycles. The summed E-state index contributed by atoms with van der Waals surface area (Å²) in [6, 6.07) is 0. The molecule has 0 aromatic carbocycles. The minimum Gasteiger partial charge on any atom is -0.0686 e. The van der Waals surface area contributed by atoms with E-state index in [1.807, 2.05) is 0 Å². The molecule has 0 aromatic heterocycles. The molecule has 0 radical (unpaired) electrons. The first-order chi connectivity index (χ1) is 4.99. The number of hydrogen-bond acceptors (Lipinski definition) is 0. The van der Waals surface area contributed by atoms with Gasteiger partial charge >= 0.3 is 0 Å². The van der Waals surface area contributed by atoms with Crippen molar-refractivity contribution >= 4 is 8.07 Å². The average molecular weight is 170 g/mol. The predicted octanol–water partition coefficient (Wildman–Crippen LogP) is 4.05. The third-order valence-corrected chi connectivity index (χ3v) is 11.3. The molecule has 0 N–H and O–H groups in total. The Labute approximate surface area is 72.4 Å². The van der Waals surface area contributed by atoms with Gasteiger partial charge in [-0.1, -0.05) is 58.2 Å². The monoisotopic (exact) mass is 170 g/mol. The third-order valence-electron chi connectivity index (χ3n) is 3.95. The van der Waals surface area contributed by atoms with Crippen LogP contribution in [-0.4, -0.2) is 8.07 Å². The second-order valence-electron chi connectivity index (χ2n) is 4.95. The molecule has 1 heteroatoms. The molecular weight excluding hydrogens is 148 g/mol. The van der Waals surface area contributed by atoms with Crippen molar-refractivity contribution in [2.24, 2.45) is 0 Å². The van der Waals surface area contributed by atoms with Gasteiger partial charge in [-0.3, -0.25) is 0 Å². The fourth-order valence-corrected chi connectivity index (χ4v) is 6.94. The van der Waals surface area contributed by atoms with Crippen molar-refractivity contribution < 1.29 is 0 Å². The summed E-state index contributed by atoms with van der Waals surface area (Å²) in [5.41, 5.74) is 3.13. The van der Waals surface area contributed by atoms with Gasteiger partial charge in [-0.25, -0.2) is 0 Å². The Hall–Kier alpha value is 0.217. The van der Waals surface area contributed by atoms with Crippen LogP contribution in [0, 0.1) is 0 Å². The summed E-state index contributed by atoms with van der Waals surface area (Å²) in [6.45, 7) is 12.4. The van der Waals surface area contributed by atoms with E-state index in [1.54, 1.807) is 12.8 Å². The molecule has 0 unspecified atom stereocenters. The molecule has 0 nitrogen and oxygen atoms in total. The van der Waals surface area contributed by atoms with Gasteiger partial charge in [-0.2, -0.15) is 0 Å². The van der Waals surface area contributed by atoms with E-state index < -0.39 is 8.07 Å². The molecule has 1 aliphatic rings. The van der Waals surface area contributed by atoms with E-state index in [0.29, 0.717) is 0 Å². The molecule has 0 heterocycles. The van der Waals surface area contributed by atoms with E-state index in [9.17, 15) is 0 Å². The van der Waals surface area contributed by atoms with Gasteiger partial charge in [0.15, 0.2) is 0 Å². The lowest BCUT2D eigenvalue weighted by Gasteiger charge is -2.36. The molecule has 11 heavy (non-hydrogen) atoms. The lowest BCUT2D eigenvalue weighted by atomic mass is 10.5. The van der Waals surface area contributed by atoms with Gasteiger partial charge in [0.05, 0.1) is 8.07 Å². The van der Waals surface area contributed by atoms with Crippen LogP contribution in [0.25, 0.3) is 0 Å². The average Bonchev–Trinajstić information content (AvgIpc) is 2.66. The minimum atomic E-state index is -0.870. The van der Waals surface area contributed by atoms with Gasteiger partial charge in [-0.15, -0.1) is 0 Å². The summed E-state index contributed by atoms with van der Waals surface area (Å²) in [7, 11) is -0.870. The van der Waals surface area contributed by atoms with Crippen molar-refractivity contribution in [2.45, 2.75) is 63.7 Å². The van der Waals surface area contributed by atoms with Crippen molar-refractivity contribution in [1.29, 1.82) is 0 Å². The largest absolute Gasteiger partial charge is 0.0686 e. The fourth-order valence-electron chi connectivity index (χ4n) is 2.31. The SMILES string of the molecule is CC(C)[Si](C)(C(C)C)C1CC1. The Morgan fingerprint density at radius 2 is 1.36 bits per heavy atom. The highest BCUT2D eigenvalue weighted by Crippen LogP contribution is 2.54. The van der Waals surface area contributed by atoms with Crippen molar-refractivity contribution in [2.75, 3.05) is 0 Å². The molecule has 1 aliphatic carbocycles. The molecule has 0 spiro atoms. The quantitative estimate of drug-likeness (QED) is 0.561. The van der Waals surface area contributed by atoms with Gasteiger partial charge in [-0.05, 0) is 5.54 Å². The maximum absolute atomic E-state index is 2.61. The third kappa shape index (κ3) is 1.53. The van der Waals surface area contributed by atoms with Crippen LogP contribution in [0.15, 0.2) is 0 Å². The van der Waals surface area contributed by atoms with Crippen LogP contribution in [0.1, 0.15) is 40.5 Å². The lowest BCUT2D eigenvalue weighted by molar-refractivity contribution is 0.875. The maximum atomic E-state index is 2.61. The predicted molar refractivity (Wildman–Crippen MR) is 54.8 cm³/mol. The van der Waals surface area contributed by atoms with Crippen LogP contribution < -0.4 is 0 Å². The van der Waals surface area contributed by atoms with Crippen LogP contribution in [0.5, 0.6) is 0 Å². The van der Waals surface area contributed by atoms with Crippen LogP contribution in [0.3, 0.4) is 0 Å². The molecular formula is C10H22Si. The molecule has 1 fully saturated rings. The van der Waals surface area contributed by atoms with Crippen molar-refractivity contribution in [3.63, 3.8) is 0 Å². The first-order valence-electron chi connectivity index (χ1n) is 4.99. The molecule has 66 valence electrons. The number of hydrogen-bond donors (Lipinski definition) is 0. The summed E-state index contributed by atoms with van der Waals surface area (Å²) in [5, 5.41) is 0. The normalized spacial score (nSPS) is 19.9. The molecule has 0 bridgehead atoms. The maximum Gasteiger partial charge on any atom is 0.0587 e. The standard InChI is InChI=1S/C10H22Si/c1-8(2)11(5,9(3)4)10-6-7-10/h8-10H,6-7H2,1-5H3. The fraction of sp³-hybridized carbons (Fsp3) is 1.00. The van der Waals surface area contributed by atoms with Crippen molar-refractivity contribution in [3.05, 3.63) is 0 Å². The second kappa shape index (κ2) is 2.93. The van der Waals surface area contributed by atoms with Gasteiger partial charge in [0.25, 0.3) is 0 Å². The summed E-state index contributed by atoms with van der Waals surface area (Å²) in [5.74, 6) is 0. The van der Waals surface area contributed by atoms with Crippen molar-refractivity contribution in [1.82, 2.24) is 0 Å². The van der Waals surface area contributed by atoms with Gasteiger partial charge in [0, 0.05) is 0 Å². The summed E-state index contributed by atoms with van der Waals surface area (Å²) in [4.78, 5) is 0. The van der Waals surface area contributed by atoms with Gasteiger partial charge in [0.1, 0.15) is 0 Å². The van der Waals surface area contributed by atoms with Gasteiger partial charge in [0.2, 0.25) is 0 Å². The molecule has 0 saturated heterocycles. The Kier molecular flexibility index (Phi) is 2.48. The highest BCUT2D eigenvalue weighted by Gasteiger charge is 2.47. The van der Waals surface area contributed by atoms with E-state index in [-0.39, 0.29) is 0 Å². The molecule has 1 saturated carbocycles. The van der Waals surface area contributed by atoms with Crippen LogP contribution in [0.2, 0.25) is 23.2 Å². The summed E-state index contributed by atoms with van der Waals surface area (Å²) in [6.07, 6.45) is 3.08. The van der Waals surface area contributed by atoms with Crippen LogP contribution in [0.4, 0.5) is 0 Å². The van der Waals surface area contributed by atoms with Crippen LogP contribution in [-0.2, 0) is 0 Å². The zero-order valence-corrected chi connectivity index (χ0v) is 9.65. The highest BCUT2D eigenvalue weighted by molar-refractivity contribution is 6.83. The molecule has 0 amide bonds. The lowest BCUT2D eigenvalue weighted by Crippen LogP contribution is -2.37. The zero-order chi connectivity index (χ0) is 8.65. The number of rotatable bonds is 3. The highest BCUT2D eigenvalue weighted by atomic mass is 28.3. The topological polar surface area (TPSA) is 0 Å². The Morgan fingerprint density at radius 3 is 1.45 bits per heavy atom. The van der Waals surface area contributed by atoms with E-state index in [1.165, 1.54) is 5.54 Å². The van der Waals surface area contributed by atoms with E-state index in [4.69, 9.17) is 0 Å². The smallest absolute Gasteiger partial charge is 0.0587 e. The Balaban J connectivity index is 2.69. The minimum absolute atomic E-state index is 0.870. The Morgan fingerprint density at radius 1 is 1.00 bits per heavy atom. The molecule has 0 aromatic rings.